The molecule has 0 saturated carbocycles. The summed E-state index contributed by atoms with van der Waals surface area (Å²) in [6.07, 6.45) is -0.0855. The van der Waals surface area contributed by atoms with E-state index in [2.05, 4.69) is 4.98 Å². The number of nitrogens with zero attached hydrogens (tertiary/aromatic N) is 3. The second-order valence-electron chi connectivity index (χ2n) is 6.30. The summed E-state index contributed by atoms with van der Waals surface area (Å²) in [5.41, 5.74) is -0.273. The van der Waals surface area contributed by atoms with Crippen LogP contribution >= 0.6 is 0 Å². The van der Waals surface area contributed by atoms with E-state index in [1.807, 2.05) is 0 Å². The summed E-state index contributed by atoms with van der Waals surface area (Å²) in [6, 6.07) is 6.81. The summed E-state index contributed by atoms with van der Waals surface area (Å²) in [5.74, 6) is -0.0339. The predicted molar refractivity (Wildman–Crippen MR) is 88.5 cm³/mol. The number of aromatic nitrogens is 2. The van der Waals surface area contributed by atoms with Gasteiger partial charge in [-0.2, -0.15) is 13.2 Å². The highest BCUT2D eigenvalue weighted by molar-refractivity contribution is 5.76. The monoisotopic (exact) mass is 365 g/mol. The molecule has 1 aromatic heterocycles. The zero-order chi connectivity index (χ0) is 18.7. The van der Waals surface area contributed by atoms with Gasteiger partial charge in [0.15, 0.2) is 0 Å². The summed E-state index contributed by atoms with van der Waals surface area (Å²) < 4.78 is 39.2. The van der Waals surface area contributed by atoms with Gasteiger partial charge in [-0.15, -0.1) is 0 Å². The Labute approximate surface area is 148 Å². The van der Waals surface area contributed by atoms with Crippen LogP contribution in [0.15, 0.2) is 47.5 Å². The number of alkyl halides is 3. The van der Waals surface area contributed by atoms with Crippen LogP contribution in [-0.2, 0) is 17.5 Å². The second kappa shape index (κ2) is 7.31. The van der Waals surface area contributed by atoms with E-state index in [0.29, 0.717) is 25.9 Å². The minimum absolute atomic E-state index is 0.0579. The fraction of sp³-hybridized carbons (Fsp3) is 0.389. The van der Waals surface area contributed by atoms with Crippen molar-refractivity contribution in [3.63, 3.8) is 0 Å². The number of benzene rings is 1. The number of carbonyl (C=O) groups excluding carboxylic acids is 1. The molecule has 1 aromatic carbocycles. The molecule has 8 heteroatoms. The fourth-order valence-corrected chi connectivity index (χ4v) is 3.16. The van der Waals surface area contributed by atoms with E-state index in [1.165, 1.54) is 29.1 Å². The third-order valence-electron chi connectivity index (χ3n) is 4.65. The van der Waals surface area contributed by atoms with Crippen LogP contribution in [0.4, 0.5) is 13.2 Å². The summed E-state index contributed by atoms with van der Waals surface area (Å²) in [5, 5.41) is 0. The maximum Gasteiger partial charge on any atom is 0.416 e. The molecule has 1 fully saturated rings. The zero-order valence-electron chi connectivity index (χ0n) is 13.9. The van der Waals surface area contributed by atoms with E-state index in [0.717, 1.165) is 17.7 Å². The lowest BCUT2D eigenvalue weighted by Crippen LogP contribution is -2.41. The van der Waals surface area contributed by atoms with Gasteiger partial charge in [-0.1, -0.05) is 12.1 Å². The van der Waals surface area contributed by atoms with Gasteiger partial charge < -0.3 is 4.90 Å². The van der Waals surface area contributed by atoms with Crippen molar-refractivity contribution in [2.24, 2.45) is 0 Å². The third-order valence-corrected chi connectivity index (χ3v) is 4.65. The minimum atomic E-state index is -4.33. The number of amides is 1. The van der Waals surface area contributed by atoms with E-state index in [-0.39, 0.29) is 18.4 Å². The van der Waals surface area contributed by atoms with Crippen LogP contribution in [0.1, 0.15) is 29.9 Å². The molecule has 0 aliphatic carbocycles. The second-order valence-corrected chi connectivity index (χ2v) is 6.30. The van der Waals surface area contributed by atoms with Gasteiger partial charge in [-0.3, -0.25) is 9.36 Å². The van der Waals surface area contributed by atoms with Crippen LogP contribution in [0, 0.1) is 0 Å². The van der Waals surface area contributed by atoms with Crippen molar-refractivity contribution in [3.05, 3.63) is 64.3 Å². The molecule has 138 valence electrons. The molecule has 1 saturated heterocycles. The summed E-state index contributed by atoms with van der Waals surface area (Å²) in [7, 11) is 0. The van der Waals surface area contributed by atoms with Crippen molar-refractivity contribution < 1.29 is 18.0 Å². The van der Waals surface area contributed by atoms with Gasteiger partial charge in [-0.25, -0.2) is 9.78 Å². The maximum atomic E-state index is 12.6. The van der Waals surface area contributed by atoms with Crippen LogP contribution < -0.4 is 5.69 Å². The lowest BCUT2D eigenvalue weighted by molar-refractivity contribution is -0.137. The first-order chi connectivity index (χ1) is 12.3. The van der Waals surface area contributed by atoms with Crippen LogP contribution in [-0.4, -0.2) is 33.4 Å². The van der Waals surface area contributed by atoms with E-state index in [1.54, 1.807) is 11.0 Å². The van der Waals surface area contributed by atoms with Gasteiger partial charge in [0.2, 0.25) is 5.91 Å². The average molecular weight is 365 g/mol. The largest absolute Gasteiger partial charge is 0.416 e. The van der Waals surface area contributed by atoms with E-state index >= 15 is 0 Å². The van der Waals surface area contributed by atoms with Gasteiger partial charge in [0, 0.05) is 25.5 Å². The van der Waals surface area contributed by atoms with E-state index in [9.17, 15) is 22.8 Å². The van der Waals surface area contributed by atoms with Gasteiger partial charge in [-0.05, 0) is 42.5 Å². The molecule has 0 bridgehead atoms. The molecule has 2 aromatic rings. The molecule has 1 aliphatic rings. The zero-order valence-corrected chi connectivity index (χ0v) is 13.9. The smallest absolute Gasteiger partial charge is 0.341 e. The summed E-state index contributed by atoms with van der Waals surface area (Å²) in [4.78, 5) is 29.2. The Bertz CT molecular complexity index is 823. The van der Waals surface area contributed by atoms with Crippen molar-refractivity contribution in [1.29, 1.82) is 0 Å². The minimum Gasteiger partial charge on any atom is -0.341 e. The van der Waals surface area contributed by atoms with Crippen molar-refractivity contribution in [2.75, 3.05) is 13.1 Å². The van der Waals surface area contributed by atoms with Gasteiger partial charge >= 0.3 is 11.9 Å². The van der Waals surface area contributed by atoms with Gasteiger partial charge in [0.05, 0.1) is 5.56 Å². The van der Waals surface area contributed by atoms with Crippen molar-refractivity contribution in [2.45, 2.75) is 31.5 Å². The van der Waals surface area contributed by atoms with Gasteiger partial charge in [0.25, 0.3) is 0 Å². The number of piperidine rings is 1. The lowest BCUT2D eigenvalue weighted by Gasteiger charge is -2.32. The number of hydrogen-bond donors (Lipinski definition) is 0. The van der Waals surface area contributed by atoms with Crippen LogP contribution in [0.25, 0.3) is 0 Å². The molecule has 26 heavy (non-hydrogen) atoms. The highest BCUT2D eigenvalue weighted by Crippen LogP contribution is 2.32. The molecule has 5 nitrogen and oxygen atoms in total. The van der Waals surface area contributed by atoms with Crippen LogP contribution in [0.2, 0.25) is 0 Å². The predicted octanol–water partition coefficient (Wildman–Crippen LogP) is 2.67. The highest BCUT2D eigenvalue weighted by atomic mass is 19.4. The first-order valence-electron chi connectivity index (χ1n) is 8.31. The van der Waals surface area contributed by atoms with Crippen LogP contribution in [0.5, 0.6) is 0 Å². The Hall–Kier alpha value is -2.64. The Morgan fingerprint density at radius 2 is 1.81 bits per heavy atom. The van der Waals surface area contributed by atoms with Gasteiger partial charge in [0.1, 0.15) is 6.54 Å². The fourth-order valence-electron chi connectivity index (χ4n) is 3.16. The molecule has 3 rings (SSSR count). The van der Waals surface area contributed by atoms with Crippen molar-refractivity contribution in [1.82, 2.24) is 14.5 Å². The number of halogens is 3. The molecular formula is C18H18F3N3O2. The number of rotatable bonds is 3. The Kier molecular flexibility index (Phi) is 5.11. The van der Waals surface area contributed by atoms with Crippen molar-refractivity contribution >= 4 is 5.91 Å². The lowest BCUT2D eigenvalue weighted by atomic mass is 9.89. The Morgan fingerprint density at radius 3 is 2.38 bits per heavy atom. The molecule has 0 spiro atoms. The third kappa shape index (κ3) is 4.12. The quantitative estimate of drug-likeness (QED) is 0.840. The molecule has 1 amide bonds. The Morgan fingerprint density at radius 1 is 1.15 bits per heavy atom. The average Bonchev–Trinajstić information content (AvgIpc) is 2.63. The first-order valence-corrected chi connectivity index (χ1v) is 8.31. The number of hydrogen-bond acceptors (Lipinski definition) is 3. The van der Waals surface area contributed by atoms with Crippen LogP contribution in [0.3, 0.4) is 0 Å². The topological polar surface area (TPSA) is 55.2 Å². The highest BCUT2D eigenvalue weighted by Gasteiger charge is 2.30. The first kappa shape index (κ1) is 18.2. The molecule has 0 atom stereocenters. The van der Waals surface area contributed by atoms with Crippen molar-refractivity contribution in [3.8, 4) is 0 Å². The molecule has 0 unspecified atom stereocenters. The molecular weight excluding hydrogens is 347 g/mol. The number of likely N-dealkylation sites (tertiary alicyclic amines) is 1. The maximum absolute atomic E-state index is 12.6. The van der Waals surface area contributed by atoms with E-state index in [4.69, 9.17) is 0 Å². The molecule has 0 N–H and O–H groups in total. The normalized spacial score (nSPS) is 15.9. The molecule has 2 heterocycles. The summed E-state index contributed by atoms with van der Waals surface area (Å²) >= 11 is 0. The SMILES string of the molecule is O=C(Cn1cccnc1=O)N1CCC(c2ccc(C(F)(F)F)cc2)CC1. The standard InChI is InChI=1S/C18H18F3N3O2/c19-18(20,21)15-4-2-13(3-5-15)14-6-10-23(11-7-14)16(25)12-24-9-1-8-22-17(24)26/h1-5,8-9,14H,6-7,10-12H2. The molecule has 1 aliphatic heterocycles. The van der Waals surface area contributed by atoms with E-state index < -0.39 is 17.4 Å². The molecule has 0 radical (unpaired) electrons. The Balaban J connectivity index is 1.58. The number of carbonyl (C=O) groups is 1. The summed E-state index contributed by atoms with van der Waals surface area (Å²) in [6.45, 7) is 0.969.